The van der Waals surface area contributed by atoms with Crippen LogP contribution < -0.4 is 20.3 Å². The molecule has 4 amide bonds. The minimum absolute atomic E-state index is 0.00313. The van der Waals surface area contributed by atoms with Crippen molar-refractivity contribution in [2.45, 2.75) is 45.2 Å². The first-order chi connectivity index (χ1) is 15.4. The molecule has 176 valence electrons. The van der Waals surface area contributed by atoms with Crippen LogP contribution in [0.25, 0.3) is 0 Å². The fraction of sp³-hybridized carbons (Fsp3) is 0.333. The maximum Gasteiger partial charge on any atom is 0.573 e. The highest BCUT2D eigenvalue weighted by molar-refractivity contribution is 6.23. The molecule has 2 N–H and O–H groups in total. The van der Waals surface area contributed by atoms with Crippen molar-refractivity contribution in [1.29, 1.82) is 0 Å². The van der Waals surface area contributed by atoms with E-state index in [0.717, 1.165) is 17.0 Å². The predicted octanol–water partition coefficient (Wildman–Crippen LogP) is 3.99. The van der Waals surface area contributed by atoms with Crippen molar-refractivity contribution in [3.63, 3.8) is 0 Å². The van der Waals surface area contributed by atoms with Crippen molar-refractivity contribution in [1.82, 2.24) is 10.3 Å². The summed E-state index contributed by atoms with van der Waals surface area (Å²) in [6, 6.07) is 5.20. The number of nitrogens with one attached hydrogen (secondary N) is 2. The lowest BCUT2D eigenvalue weighted by atomic mass is 9.92. The summed E-state index contributed by atoms with van der Waals surface area (Å²) in [4.78, 5) is 42.5. The molecule has 0 bridgehead atoms. The van der Waals surface area contributed by atoms with Gasteiger partial charge in [-0.2, -0.15) is 0 Å². The van der Waals surface area contributed by atoms with Crippen molar-refractivity contribution in [2.24, 2.45) is 0 Å². The van der Waals surface area contributed by atoms with Crippen molar-refractivity contribution in [3.8, 4) is 5.75 Å². The van der Waals surface area contributed by atoms with Gasteiger partial charge in [0.2, 0.25) is 0 Å². The molecule has 3 rings (SSSR count). The van der Waals surface area contributed by atoms with E-state index in [9.17, 15) is 27.6 Å². The summed E-state index contributed by atoms with van der Waals surface area (Å²) >= 11 is 0. The number of carbonyl (C=O) groups excluding carboxylic acids is 3. The zero-order valence-corrected chi connectivity index (χ0v) is 17.9. The summed E-state index contributed by atoms with van der Waals surface area (Å²) in [5, 5.41) is 5.16. The fourth-order valence-electron chi connectivity index (χ4n) is 3.26. The first-order valence-electron chi connectivity index (χ1n) is 9.81. The molecule has 1 aromatic heterocycles. The third-order valence-corrected chi connectivity index (χ3v) is 4.62. The Balaban J connectivity index is 1.79. The van der Waals surface area contributed by atoms with Gasteiger partial charge in [-0.1, -0.05) is 0 Å². The van der Waals surface area contributed by atoms with Crippen LogP contribution in [0.15, 0.2) is 42.7 Å². The van der Waals surface area contributed by atoms with Crippen LogP contribution in [-0.4, -0.2) is 41.0 Å². The number of rotatable bonds is 6. The molecule has 0 radical (unpaired) electrons. The first-order valence-corrected chi connectivity index (χ1v) is 9.81. The summed E-state index contributed by atoms with van der Waals surface area (Å²) in [6.45, 7) is 4.88. The molecule has 0 saturated carbocycles. The Hall–Kier alpha value is -3.83. The molecule has 1 saturated heterocycles. The SMILES string of the molecule is CC(C)OC(=O)Nc1cnccc1CC1(C)NC(=O)N(c2ccc(OC(F)(F)F)cc2)C1=O. The molecule has 1 fully saturated rings. The topological polar surface area (TPSA) is 110 Å². The molecular formula is C21H21F3N4O5. The van der Waals surface area contributed by atoms with Crippen LogP contribution in [-0.2, 0) is 16.0 Å². The molecule has 0 aliphatic carbocycles. The van der Waals surface area contributed by atoms with Gasteiger partial charge >= 0.3 is 18.5 Å². The molecule has 33 heavy (non-hydrogen) atoms. The normalized spacial score (nSPS) is 18.3. The van der Waals surface area contributed by atoms with E-state index in [2.05, 4.69) is 20.4 Å². The van der Waals surface area contributed by atoms with Gasteiger partial charge in [-0.3, -0.25) is 15.1 Å². The van der Waals surface area contributed by atoms with E-state index in [1.54, 1.807) is 19.9 Å². The molecule has 1 aliphatic heterocycles. The average molecular weight is 466 g/mol. The molecule has 1 atom stereocenters. The van der Waals surface area contributed by atoms with Gasteiger partial charge in [0.25, 0.3) is 5.91 Å². The lowest BCUT2D eigenvalue weighted by molar-refractivity contribution is -0.274. The third kappa shape index (κ3) is 5.70. The summed E-state index contributed by atoms with van der Waals surface area (Å²) in [7, 11) is 0. The number of ether oxygens (including phenoxy) is 2. The number of hydrogen-bond acceptors (Lipinski definition) is 6. The molecule has 9 nitrogen and oxygen atoms in total. The number of nitrogens with zero attached hydrogens (tertiary/aromatic N) is 2. The van der Waals surface area contributed by atoms with Gasteiger partial charge in [0, 0.05) is 12.6 Å². The van der Waals surface area contributed by atoms with Crippen molar-refractivity contribution >= 4 is 29.4 Å². The highest BCUT2D eigenvalue weighted by Gasteiger charge is 2.48. The zero-order valence-electron chi connectivity index (χ0n) is 17.9. The Morgan fingerprint density at radius 2 is 1.88 bits per heavy atom. The number of halogens is 3. The van der Waals surface area contributed by atoms with Gasteiger partial charge in [-0.15, -0.1) is 13.2 Å². The second-order valence-corrected chi connectivity index (χ2v) is 7.73. The summed E-state index contributed by atoms with van der Waals surface area (Å²) in [6.07, 6.45) is -3.05. The highest BCUT2D eigenvalue weighted by Crippen LogP contribution is 2.31. The van der Waals surface area contributed by atoms with Gasteiger partial charge in [0.05, 0.1) is 23.7 Å². The van der Waals surface area contributed by atoms with Crippen LogP contribution in [0, 0.1) is 0 Å². The van der Waals surface area contributed by atoms with Crippen molar-refractivity contribution in [3.05, 3.63) is 48.3 Å². The molecule has 1 aliphatic rings. The molecule has 0 spiro atoms. The van der Waals surface area contributed by atoms with Crippen molar-refractivity contribution < 1.29 is 37.0 Å². The van der Waals surface area contributed by atoms with E-state index in [-0.39, 0.29) is 18.2 Å². The van der Waals surface area contributed by atoms with Crippen LogP contribution >= 0.6 is 0 Å². The van der Waals surface area contributed by atoms with E-state index in [4.69, 9.17) is 4.74 Å². The average Bonchev–Trinajstić information content (AvgIpc) is 2.90. The molecule has 1 unspecified atom stereocenters. The van der Waals surface area contributed by atoms with Gasteiger partial charge < -0.3 is 14.8 Å². The van der Waals surface area contributed by atoms with Gasteiger partial charge in [0.15, 0.2) is 0 Å². The number of alkyl halides is 3. The number of anilines is 2. The molecule has 1 aromatic carbocycles. The Morgan fingerprint density at radius 1 is 1.21 bits per heavy atom. The van der Waals surface area contributed by atoms with Crippen LogP contribution in [0.1, 0.15) is 26.3 Å². The smallest absolute Gasteiger partial charge is 0.447 e. The second kappa shape index (κ2) is 8.96. The summed E-state index contributed by atoms with van der Waals surface area (Å²) < 4.78 is 45.9. The number of carbonyl (C=O) groups is 3. The minimum atomic E-state index is -4.86. The van der Waals surface area contributed by atoms with Crippen LogP contribution in [0.4, 0.5) is 34.1 Å². The summed E-state index contributed by atoms with van der Waals surface area (Å²) in [5.74, 6) is -1.11. The van der Waals surface area contributed by atoms with Crippen molar-refractivity contribution in [2.75, 3.05) is 10.2 Å². The van der Waals surface area contributed by atoms with Crippen LogP contribution in [0.2, 0.25) is 0 Å². The van der Waals surface area contributed by atoms with E-state index in [1.807, 2.05) is 0 Å². The molecule has 12 heteroatoms. The Kier molecular flexibility index (Phi) is 6.47. The number of aromatic nitrogens is 1. The lowest BCUT2D eigenvalue weighted by Crippen LogP contribution is -2.46. The molecule has 2 heterocycles. The highest BCUT2D eigenvalue weighted by atomic mass is 19.4. The standard InChI is InChI=1S/C21H21F3N4O5/c1-12(2)32-19(31)26-16-11-25-9-8-13(16)10-20(3)17(29)28(18(30)27-20)14-4-6-15(7-5-14)33-21(22,23)24/h4-9,11-12H,10H2,1-3H3,(H,26,31)(H,27,30). The quantitative estimate of drug-likeness (QED) is 0.623. The van der Waals surface area contributed by atoms with Crippen LogP contribution in [0.5, 0.6) is 5.75 Å². The van der Waals surface area contributed by atoms with Gasteiger partial charge in [0.1, 0.15) is 11.3 Å². The summed E-state index contributed by atoms with van der Waals surface area (Å²) in [5.41, 5.74) is -0.502. The maximum absolute atomic E-state index is 13.1. The first kappa shape index (κ1) is 23.8. The predicted molar refractivity (Wildman–Crippen MR) is 111 cm³/mol. The fourth-order valence-corrected chi connectivity index (χ4v) is 3.26. The number of urea groups is 1. The number of amides is 4. The Labute approximate surface area is 186 Å². The lowest BCUT2D eigenvalue weighted by Gasteiger charge is -2.23. The minimum Gasteiger partial charge on any atom is -0.447 e. The van der Waals surface area contributed by atoms with E-state index >= 15 is 0 Å². The monoisotopic (exact) mass is 466 g/mol. The number of pyridine rings is 1. The third-order valence-electron chi connectivity index (χ3n) is 4.62. The Bertz CT molecular complexity index is 1060. The van der Waals surface area contributed by atoms with E-state index in [1.165, 1.54) is 31.5 Å². The molecule has 2 aromatic rings. The van der Waals surface area contributed by atoms with Gasteiger partial charge in [-0.05, 0) is 56.7 Å². The molecular weight excluding hydrogens is 445 g/mol. The van der Waals surface area contributed by atoms with E-state index in [0.29, 0.717) is 11.3 Å². The van der Waals surface area contributed by atoms with Crippen LogP contribution in [0.3, 0.4) is 0 Å². The number of benzene rings is 1. The largest absolute Gasteiger partial charge is 0.573 e. The number of hydrogen-bond donors (Lipinski definition) is 2. The maximum atomic E-state index is 13.1. The second-order valence-electron chi connectivity index (χ2n) is 7.73. The van der Waals surface area contributed by atoms with Gasteiger partial charge in [-0.25, -0.2) is 14.5 Å². The Morgan fingerprint density at radius 3 is 2.48 bits per heavy atom. The van der Waals surface area contributed by atoms with E-state index < -0.39 is 35.7 Å². The zero-order chi connectivity index (χ0) is 24.4. The number of imide groups is 1.